The summed E-state index contributed by atoms with van der Waals surface area (Å²) < 4.78 is 12.8. The zero-order valence-electron chi connectivity index (χ0n) is 16.8. The Balaban J connectivity index is 1.87. The van der Waals surface area contributed by atoms with Crippen molar-refractivity contribution in [1.29, 1.82) is 0 Å². The fraction of sp³-hybridized carbons (Fsp3) is 0.182. The van der Waals surface area contributed by atoms with Crippen LogP contribution in [0.25, 0.3) is 22.2 Å². The quantitative estimate of drug-likeness (QED) is 0.498. The Hall–Kier alpha value is -3.32. The van der Waals surface area contributed by atoms with Crippen molar-refractivity contribution >= 4 is 28.5 Å². The van der Waals surface area contributed by atoms with E-state index < -0.39 is 0 Å². The molecule has 0 saturated carbocycles. The highest BCUT2D eigenvalue weighted by atomic mass is 32.1. The first-order valence-electron chi connectivity index (χ1n) is 9.13. The standard InChI is InChI=1S/C22H22N4O2S/c1-14-18(16-7-5-6-8-19(16)25-14)12-24-26-20(13-29-22(26)23-2)17-11-15(27-3)9-10-21(17)28-4/h5-13,25H,1-4H3/b23-22?,24-12+. The number of nitrogens with one attached hydrogen (secondary N) is 1. The summed E-state index contributed by atoms with van der Waals surface area (Å²) in [5.74, 6) is 1.50. The number of aromatic amines is 1. The van der Waals surface area contributed by atoms with Gasteiger partial charge < -0.3 is 14.5 Å². The van der Waals surface area contributed by atoms with E-state index in [1.54, 1.807) is 21.3 Å². The minimum absolute atomic E-state index is 0.749. The number of rotatable bonds is 5. The van der Waals surface area contributed by atoms with Crippen LogP contribution in [0.4, 0.5) is 0 Å². The van der Waals surface area contributed by atoms with Crippen molar-refractivity contribution in [2.75, 3.05) is 21.3 Å². The van der Waals surface area contributed by atoms with Crippen LogP contribution in [0.2, 0.25) is 0 Å². The number of para-hydroxylation sites is 1. The molecule has 0 unspecified atom stereocenters. The van der Waals surface area contributed by atoms with E-state index in [1.165, 1.54) is 11.3 Å². The molecular formula is C22H22N4O2S. The molecule has 0 atom stereocenters. The Labute approximate surface area is 172 Å². The molecule has 0 amide bonds. The maximum atomic E-state index is 5.57. The molecule has 6 nitrogen and oxygen atoms in total. The minimum atomic E-state index is 0.749. The summed E-state index contributed by atoms with van der Waals surface area (Å²) in [5, 5.41) is 7.96. The van der Waals surface area contributed by atoms with Gasteiger partial charge in [0.2, 0.25) is 4.80 Å². The van der Waals surface area contributed by atoms with Crippen LogP contribution in [0, 0.1) is 6.92 Å². The van der Waals surface area contributed by atoms with Crippen molar-refractivity contribution in [3.05, 3.63) is 63.9 Å². The normalized spacial score (nSPS) is 12.2. The van der Waals surface area contributed by atoms with Gasteiger partial charge in [-0.3, -0.25) is 4.99 Å². The third-order valence-electron chi connectivity index (χ3n) is 4.80. The number of hydrogen-bond donors (Lipinski definition) is 1. The molecule has 29 heavy (non-hydrogen) atoms. The van der Waals surface area contributed by atoms with Gasteiger partial charge in [0.05, 0.1) is 26.1 Å². The van der Waals surface area contributed by atoms with Gasteiger partial charge in [0, 0.05) is 40.2 Å². The van der Waals surface area contributed by atoms with Crippen LogP contribution in [-0.2, 0) is 0 Å². The molecule has 0 fully saturated rings. The molecule has 2 heterocycles. The zero-order chi connectivity index (χ0) is 20.4. The lowest BCUT2D eigenvalue weighted by molar-refractivity contribution is 0.404. The van der Waals surface area contributed by atoms with E-state index in [0.29, 0.717) is 0 Å². The molecule has 0 saturated heterocycles. The molecule has 0 aliphatic carbocycles. The summed E-state index contributed by atoms with van der Waals surface area (Å²) in [6.45, 7) is 2.05. The van der Waals surface area contributed by atoms with Crippen molar-refractivity contribution in [3.8, 4) is 22.8 Å². The summed E-state index contributed by atoms with van der Waals surface area (Å²) in [4.78, 5) is 8.59. The largest absolute Gasteiger partial charge is 0.497 e. The van der Waals surface area contributed by atoms with E-state index in [-0.39, 0.29) is 0 Å². The van der Waals surface area contributed by atoms with Crippen molar-refractivity contribution in [1.82, 2.24) is 9.66 Å². The maximum Gasteiger partial charge on any atom is 0.205 e. The Kier molecular flexibility index (Phi) is 5.22. The number of ether oxygens (including phenoxy) is 2. The summed E-state index contributed by atoms with van der Waals surface area (Å²) >= 11 is 1.53. The Morgan fingerprint density at radius 3 is 2.69 bits per heavy atom. The topological polar surface area (TPSA) is 63.9 Å². The van der Waals surface area contributed by atoms with Gasteiger partial charge in [0.25, 0.3) is 0 Å². The van der Waals surface area contributed by atoms with Crippen molar-refractivity contribution < 1.29 is 9.47 Å². The van der Waals surface area contributed by atoms with E-state index >= 15 is 0 Å². The summed E-state index contributed by atoms with van der Waals surface area (Å²) in [6.07, 6.45) is 1.88. The van der Waals surface area contributed by atoms with Gasteiger partial charge in [-0.05, 0) is 31.2 Å². The maximum absolute atomic E-state index is 5.57. The number of H-pyrrole nitrogens is 1. The molecule has 1 N–H and O–H groups in total. The number of methoxy groups -OCH3 is 2. The van der Waals surface area contributed by atoms with Gasteiger partial charge in [-0.25, -0.2) is 4.68 Å². The van der Waals surface area contributed by atoms with E-state index in [2.05, 4.69) is 29.0 Å². The van der Waals surface area contributed by atoms with E-state index in [1.807, 2.05) is 46.6 Å². The molecule has 7 heteroatoms. The number of benzene rings is 2. The predicted molar refractivity (Wildman–Crippen MR) is 118 cm³/mol. The fourth-order valence-electron chi connectivity index (χ4n) is 3.34. The van der Waals surface area contributed by atoms with Crippen LogP contribution in [0.5, 0.6) is 11.5 Å². The molecule has 0 aliphatic heterocycles. The van der Waals surface area contributed by atoms with Crippen molar-refractivity contribution in [3.63, 3.8) is 0 Å². The van der Waals surface area contributed by atoms with Crippen LogP contribution >= 0.6 is 11.3 Å². The fourth-order valence-corrected chi connectivity index (χ4v) is 4.14. The smallest absolute Gasteiger partial charge is 0.205 e. The average Bonchev–Trinajstić information content (AvgIpc) is 3.31. The predicted octanol–water partition coefficient (Wildman–Crippen LogP) is 4.44. The monoisotopic (exact) mass is 406 g/mol. The molecule has 0 radical (unpaired) electrons. The summed E-state index contributed by atoms with van der Waals surface area (Å²) in [5.41, 5.74) is 5.01. The number of fused-ring (bicyclic) bond motifs is 1. The SMILES string of the molecule is CN=c1scc(-c2cc(OC)ccc2OC)n1/N=C/c1c(C)[nH]c2ccccc12. The molecule has 4 aromatic rings. The lowest BCUT2D eigenvalue weighted by atomic mass is 10.1. The molecule has 0 spiro atoms. The third kappa shape index (κ3) is 3.45. The number of hydrogen-bond acceptors (Lipinski definition) is 5. The van der Waals surface area contributed by atoms with Crippen LogP contribution in [0.15, 0.2) is 57.9 Å². The second kappa shape index (κ2) is 7.97. The van der Waals surface area contributed by atoms with Crippen LogP contribution in [0.1, 0.15) is 11.3 Å². The van der Waals surface area contributed by atoms with Gasteiger partial charge in [0.15, 0.2) is 0 Å². The summed E-state index contributed by atoms with van der Waals surface area (Å²) in [7, 11) is 5.07. The van der Waals surface area contributed by atoms with E-state index in [4.69, 9.17) is 14.6 Å². The summed E-state index contributed by atoms with van der Waals surface area (Å²) in [6, 6.07) is 13.9. The van der Waals surface area contributed by atoms with Gasteiger partial charge in [-0.2, -0.15) is 5.10 Å². The van der Waals surface area contributed by atoms with Gasteiger partial charge >= 0.3 is 0 Å². The van der Waals surface area contributed by atoms with E-state index in [0.717, 1.165) is 49.7 Å². The molecule has 2 aromatic carbocycles. The first-order valence-corrected chi connectivity index (χ1v) is 10.0. The second-order valence-corrected chi connectivity index (χ2v) is 7.30. The second-order valence-electron chi connectivity index (χ2n) is 6.46. The third-order valence-corrected chi connectivity index (χ3v) is 5.71. The molecular weight excluding hydrogens is 384 g/mol. The zero-order valence-corrected chi connectivity index (χ0v) is 17.6. The Bertz CT molecular complexity index is 1260. The lowest BCUT2D eigenvalue weighted by Crippen LogP contribution is -2.12. The molecule has 0 bridgehead atoms. The number of aryl methyl sites for hydroxylation is 1. The number of aromatic nitrogens is 2. The minimum Gasteiger partial charge on any atom is -0.497 e. The molecule has 4 rings (SSSR count). The average molecular weight is 407 g/mol. The Morgan fingerprint density at radius 2 is 1.93 bits per heavy atom. The van der Waals surface area contributed by atoms with E-state index in [9.17, 15) is 0 Å². The molecule has 2 aromatic heterocycles. The Morgan fingerprint density at radius 1 is 1.10 bits per heavy atom. The number of thiazole rings is 1. The van der Waals surface area contributed by atoms with Crippen molar-refractivity contribution in [2.24, 2.45) is 10.1 Å². The number of nitrogens with zero attached hydrogens (tertiary/aromatic N) is 3. The molecule has 0 aliphatic rings. The first kappa shape index (κ1) is 19.0. The van der Waals surface area contributed by atoms with Crippen LogP contribution in [0.3, 0.4) is 0 Å². The van der Waals surface area contributed by atoms with Crippen molar-refractivity contribution in [2.45, 2.75) is 6.92 Å². The highest BCUT2D eigenvalue weighted by molar-refractivity contribution is 7.07. The van der Waals surface area contributed by atoms with Gasteiger partial charge in [0.1, 0.15) is 11.5 Å². The highest BCUT2D eigenvalue weighted by Crippen LogP contribution is 2.33. The van der Waals surface area contributed by atoms with Crippen LogP contribution < -0.4 is 14.3 Å². The molecule has 148 valence electrons. The highest BCUT2D eigenvalue weighted by Gasteiger charge is 2.14. The van der Waals surface area contributed by atoms with Gasteiger partial charge in [-0.1, -0.05) is 18.2 Å². The van der Waals surface area contributed by atoms with Crippen LogP contribution in [-0.4, -0.2) is 37.1 Å². The first-order chi connectivity index (χ1) is 14.2. The lowest BCUT2D eigenvalue weighted by Gasteiger charge is -2.11. The van der Waals surface area contributed by atoms with Gasteiger partial charge in [-0.15, -0.1) is 11.3 Å².